The van der Waals surface area contributed by atoms with E-state index in [1.807, 2.05) is 30.3 Å². The topological polar surface area (TPSA) is 50.8 Å². The van der Waals surface area contributed by atoms with Crippen molar-refractivity contribution < 1.29 is 14.3 Å². The van der Waals surface area contributed by atoms with Crippen molar-refractivity contribution in [2.24, 2.45) is 5.41 Å². The van der Waals surface area contributed by atoms with Gasteiger partial charge in [0.15, 0.2) is 5.60 Å². The molecule has 0 fully saturated rings. The van der Waals surface area contributed by atoms with E-state index in [4.69, 9.17) is 9.47 Å². The summed E-state index contributed by atoms with van der Waals surface area (Å²) in [5, 5.41) is 3.60. The van der Waals surface area contributed by atoms with E-state index in [-0.39, 0.29) is 11.4 Å². The van der Waals surface area contributed by atoms with Gasteiger partial charge in [0, 0.05) is 52.9 Å². The molecule has 0 radical (unpaired) electrons. The molecule has 1 atom stereocenters. The summed E-state index contributed by atoms with van der Waals surface area (Å²) in [5.41, 5.74) is 7.42. The number of esters is 1. The summed E-state index contributed by atoms with van der Waals surface area (Å²) >= 11 is 0. The van der Waals surface area contributed by atoms with Gasteiger partial charge in [-0.1, -0.05) is 70.9 Å². The fourth-order valence-corrected chi connectivity index (χ4v) is 6.44. The molecule has 0 saturated heterocycles. The first-order valence-electron chi connectivity index (χ1n) is 15.5. The molecule has 2 heterocycles. The molecule has 2 aliphatic heterocycles. The van der Waals surface area contributed by atoms with E-state index in [1.54, 1.807) is 0 Å². The lowest BCUT2D eigenvalue weighted by Gasteiger charge is -2.38. The largest absolute Gasteiger partial charge is 0.456 e. The van der Waals surface area contributed by atoms with Crippen molar-refractivity contribution in [1.82, 2.24) is 0 Å². The fraction of sp³-hybridized carbons (Fsp3) is 0.342. The Morgan fingerprint density at radius 1 is 0.837 bits per heavy atom. The Bertz CT molecular complexity index is 1690. The van der Waals surface area contributed by atoms with E-state index in [1.165, 1.54) is 18.4 Å². The lowest BCUT2D eigenvalue weighted by molar-refractivity contribution is 0.0224. The van der Waals surface area contributed by atoms with Crippen LogP contribution in [0.1, 0.15) is 85.1 Å². The number of nitrogens with zero attached hydrogens (tertiary/aromatic N) is 1. The van der Waals surface area contributed by atoms with Gasteiger partial charge in [0.1, 0.15) is 11.5 Å². The van der Waals surface area contributed by atoms with Crippen LogP contribution in [0.3, 0.4) is 0 Å². The maximum Gasteiger partial charge on any atom is 0.340 e. The third kappa shape index (κ3) is 5.37. The minimum absolute atomic E-state index is 0.133. The normalized spacial score (nSPS) is 16.7. The molecule has 0 bridgehead atoms. The van der Waals surface area contributed by atoms with E-state index >= 15 is 0 Å². The van der Waals surface area contributed by atoms with E-state index < -0.39 is 5.60 Å². The van der Waals surface area contributed by atoms with Crippen LogP contribution in [0, 0.1) is 19.3 Å². The number of ether oxygens (including phenoxy) is 2. The minimum Gasteiger partial charge on any atom is -0.456 e. The Labute approximate surface area is 255 Å². The van der Waals surface area contributed by atoms with Gasteiger partial charge in [-0.15, -0.1) is 0 Å². The number of hydrogen-bond donors (Lipinski definition) is 1. The summed E-state index contributed by atoms with van der Waals surface area (Å²) < 4.78 is 13.2. The number of carbonyl (C=O) groups is 1. The smallest absolute Gasteiger partial charge is 0.340 e. The minimum atomic E-state index is -1.11. The van der Waals surface area contributed by atoms with Crippen molar-refractivity contribution in [1.29, 1.82) is 0 Å². The SMILES string of the molecule is CCCCCN(CC(C)(C)C)c1ccc2c(c1)Oc1cc(C)c(Nc3cccc(C)c3)cc1C21OC(=O)c2ccccc21. The van der Waals surface area contributed by atoms with Gasteiger partial charge >= 0.3 is 5.97 Å². The number of nitrogens with one attached hydrogen (secondary N) is 1. The predicted octanol–water partition coefficient (Wildman–Crippen LogP) is 9.66. The van der Waals surface area contributed by atoms with E-state index in [0.717, 1.165) is 64.6 Å². The molecule has 222 valence electrons. The zero-order valence-corrected chi connectivity index (χ0v) is 26.2. The molecule has 1 unspecified atom stereocenters. The van der Waals surface area contributed by atoms with Crippen molar-refractivity contribution in [3.05, 3.63) is 112 Å². The Morgan fingerprint density at radius 3 is 2.40 bits per heavy atom. The quantitative estimate of drug-likeness (QED) is 0.168. The molecule has 4 aromatic rings. The number of unbranched alkanes of at least 4 members (excludes halogenated alkanes) is 2. The van der Waals surface area contributed by atoms with Gasteiger partial charge in [-0.25, -0.2) is 4.79 Å². The first kappa shape index (κ1) is 28.9. The second-order valence-electron chi connectivity index (χ2n) is 13.2. The first-order valence-corrected chi connectivity index (χ1v) is 15.5. The van der Waals surface area contributed by atoms with E-state index in [2.05, 4.69) is 100 Å². The molecule has 2 aliphatic rings. The fourth-order valence-electron chi connectivity index (χ4n) is 6.44. The van der Waals surface area contributed by atoms with Crippen LogP contribution in [0.4, 0.5) is 17.1 Å². The molecule has 0 amide bonds. The van der Waals surface area contributed by atoms with Crippen molar-refractivity contribution in [2.45, 2.75) is 66.4 Å². The van der Waals surface area contributed by atoms with Crippen LogP contribution in [0.5, 0.6) is 11.5 Å². The summed E-state index contributed by atoms with van der Waals surface area (Å²) in [6.45, 7) is 15.1. The van der Waals surface area contributed by atoms with Crippen molar-refractivity contribution in [2.75, 3.05) is 23.3 Å². The number of carbonyl (C=O) groups excluding carboxylic acids is 1. The maximum atomic E-state index is 13.4. The van der Waals surface area contributed by atoms with Crippen molar-refractivity contribution >= 4 is 23.0 Å². The highest BCUT2D eigenvalue weighted by Gasteiger charge is 2.53. The maximum absolute atomic E-state index is 13.4. The third-order valence-electron chi connectivity index (χ3n) is 8.40. The van der Waals surface area contributed by atoms with Crippen LogP contribution in [-0.4, -0.2) is 19.1 Å². The van der Waals surface area contributed by atoms with Crippen LogP contribution in [0.15, 0.2) is 78.9 Å². The molecule has 4 aromatic carbocycles. The Balaban J connectivity index is 1.50. The van der Waals surface area contributed by atoms with Gasteiger partial charge in [-0.2, -0.15) is 0 Å². The molecule has 0 saturated carbocycles. The molecule has 5 heteroatoms. The van der Waals surface area contributed by atoms with Crippen LogP contribution >= 0.6 is 0 Å². The Hall–Kier alpha value is -4.25. The second kappa shape index (κ2) is 11.1. The van der Waals surface area contributed by atoms with Crippen LogP contribution in [0.2, 0.25) is 0 Å². The average molecular weight is 575 g/mol. The van der Waals surface area contributed by atoms with Gasteiger partial charge in [0.25, 0.3) is 0 Å². The molecule has 0 aromatic heterocycles. The van der Waals surface area contributed by atoms with Crippen LogP contribution < -0.4 is 15.0 Å². The van der Waals surface area contributed by atoms with Crippen molar-refractivity contribution in [3.63, 3.8) is 0 Å². The van der Waals surface area contributed by atoms with E-state index in [9.17, 15) is 4.79 Å². The number of hydrogen-bond acceptors (Lipinski definition) is 5. The number of benzene rings is 4. The highest BCUT2D eigenvalue weighted by Crippen LogP contribution is 2.57. The van der Waals surface area contributed by atoms with Crippen LogP contribution in [-0.2, 0) is 10.3 Å². The highest BCUT2D eigenvalue weighted by atomic mass is 16.6. The molecule has 43 heavy (non-hydrogen) atoms. The van der Waals surface area contributed by atoms with Gasteiger partial charge < -0.3 is 19.7 Å². The zero-order valence-electron chi connectivity index (χ0n) is 26.2. The molecule has 5 nitrogen and oxygen atoms in total. The Morgan fingerprint density at radius 2 is 1.63 bits per heavy atom. The average Bonchev–Trinajstić information content (AvgIpc) is 3.25. The summed E-state index contributed by atoms with van der Waals surface area (Å²) in [6.07, 6.45) is 3.52. The monoisotopic (exact) mass is 574 g/mol. The van der Waals surface area contributed by atoms with Crippen LogP contribution in [0.25, 0.3) is 0 Å². The van der Waals surface area contributed by atoms with E-state index in [0.29, 0.717) is 11.3 Å². The molecule has 0 aliphatic carbocycles. The standard InChI is InChI=1S/C38H42N2O3/c1-7-8-11-19-40(24-37(4,5)6)28-17-18-31-35(22-28)42-34-21-26(3)33(39-27-14-12-13-25(2)20-27)23-32(34)38(31)30-16-10-9-15-29(30)36(41)43-38/h9-10,12-18,20-23,39H,7-8,11,19,24H2,1-6H3. The number of aryl methyl sites for hydroxylation is 2. The lowest BCUT2D eigenvalue weighted by atomic mass is 9.77. The molecular weight excluding hydrogens is 532 g/mol. The Kier molecular flexibility index (Phi) is 7.45. The number of anilines is 3. The first-order chi connectivity index (χ1) is 20.6. The zero-order chi connectivity index (χ0) is 30.4. The molecule has 1 N–H and O–H groups in total. The van der Waals surface area contributed by atoms with Gasteiger partial charge in [0.05, 0.1) is 5.56 Å². The summed E-state index contributed by atoms with van der Waals surface area (Å²) in [4.78, 5) is 15.9. The summed E-state index contributed by atoms with van der Waals surface area (Å²) in [6, 6.07) is 26.6. The third-order valence-corrected chi connectivity index (χ3v) is 8.40. The van der Waals surface area contributed by atoms with Crippen molar-refractivity contribution in [3.8, 4) is 11.5 Å². The second-order valence-corrected chi connectivity index (χ2v) is 13.2. The number of rotatable bonds is 8. The molecule has 1 spiro atoms. The van der Waals surface area contributed by atoms with Gasteiger partial charge in [-0.3, -0.25) is 0 Å². The molecular formula is C38H42N2O3. The highest BCUT2D eigenvalue weighted by molar-refractivity contribution is 5.97. The lowest BCUT2D eigenvalue weighted by Crippen LogP contribution is -2.35. The summed E-state index contributed by atoms with van der Waals surface area (Å²) in [5.74, 6) is 1.11. The predicted molar refractivity (Wildman–Crippen MR) is 175 cm³/mol. The summed E-state index contributed by atoms with van der Waals surface area (Å²) in [7, 11) is 0. The number of fused-ring (bicyclic) bond motifs is 6. The van der Waals surface area contributed by atoms with Gasteiger partial charge in [-0.05, 0) is 79.3 Å². The van der Waals surface area contributed by atoms with Gasteiger partial charge in [0.2, 0.25) is 0 Å². The molecule has 6 rings (SSSR count).